The zero-order valence-electron chi connectivity index (χ0n) is 14.5. The lowest BCUT2D eigenvalue weighted by Gasteiger charge is -2.27. The standard InChI is InChI=1S/C18H22N4O2.2ClH/c23-18(14-4-2-9-20-14)22-10-7-16-15(12-22)21-17(24-16)6-5-13-3-1-8-19-11-13;;/h1,3,8,11,14,20H,2,4-7,9-10,12H2;2*1H/t14-;;/m0../s1. The molecule has 6 nitrogen and oxygen atoms in total. The van der Waals surface area contributed by atoms with Gasteiger partial charge in [0.1, 0.15) is 11.5 Å². The minimum absolute atomic E-state index is 0. The number of oxazole rings is 1. The average Bonchev–Trinajstić information content (AvgIpc) is 3.29. The number of nitrogens with zero attached hydrogens (tertiary/aromatic N) is 3. The first-order valence-electron chi connectivity index (χ1n) is 8.68. The summed E-state index contributed by atoms with van der Waals surface area (Å²) in [4.78, 5) is 23.2. The van der Waals surface area contributed by atoms with Gasteiger partial charge < -0.3 is 14.6 Å². The summed E-state index contributed by atoms with van der Waals surface area (Å²) < 4.78 is 5.90. The summed E-state index contributed by atoms with van der Waals surface area (Å²) >= 11 is 0. The van der Waals surface area contributed by atoms with E-state index < -0.39 is 0 Å². The van der Waals surface area contributed by atoms with Gasteiger partial charge in [-0.1, -0.05) is 6.07 Å². The first-order chi connectivity index (χ1) is 11.8. The molecule has 1 N–H and O–H groups in total. The molecule has 0 aliphatic carbocycles. The lowest BCUT2D eigenvalue weighted by atomic mass is 10.1. The van der Waals surface area contributed by atoms with Crippen LogP contribution < -0.4 is 5.32 Å². The van der Waals surface area contributed by atoms with Crippen LogP contribution in [0, 0.1) is 0 Å². The third kappa shape index (κ3) is 4.55. The highest BCUT2D eigenvalue weighted by Crippen LogP contribution is 2.22. The van der Waals surface area contributed by atoms with E-state index in [-0.39, 0.29) is 36.8 Å². The minimum atomic E-state index is -0.0106. The molecule has 0 saturated carbocycles. The van der Waals surface area contributed by atoms with Crippen molar-refractivity contribution in [3.05, 3.63) is 47.4 Å². The predicted molar refractivity (Wildman–Crippen MR) is 103 cm³/mol. The van der Waals surface area contributed by atoms with Gasteiger partial charge in [-0.25, -0.2) is 4.98 Å². The number of nitrogens with one attached hydrogen (secondary N) is 1. The van der Waals surface area contributed by atoms with Crippen molar-refractivity contribution in [3.63, 3.8) is 0 Å². The Morgan fingerprint density at radius 2 is 2.23 bits per heavy atom. The van der Waals surface area contributed by atoms with Gasteiger partial charge >= 0.3 is 0 Å². The van der Waals surface area contributed by atoms with Crippen LogP contribution in [0.3, 0.4) is 0 Å². The molecule has 0 aromatic carbocycles. The lowest BCUT2D eigenvalue weighted by molar-refractivity contribution is -0.134. The van der Waals surface area contributed by atoms with Gasteiger partial charge in [-0.05, 0) is 37.4 Å². The van der Waals surface area contributed by atoms with Crippen molar-refractivity contribution in [1.29, 1.82) is 0 Å². The lowest BCUT2D eigenvalue weighted by Crippen LogP contribution is -2.45. The van der Waals surface area contributed by atoms with Gasteiger partial charge in [0.25, 0.3) is 0 Å². The van der Waals surface area contributed by atoms with Crippen LogP contribution in [0.5, 0.6) is 0 Å². The van der Waals surface area contributed by atoms with Crippen LogP contribution in [0.25, 0.3) is 0 Å². The minimum Gasteiger partial charge on any atom is -0.445 e. The maximum Gasteiger partial charge on any atom is 0.240 e. The van der Waals surface area contributed by atoms with Crippen molar-refractivity contribution in [2.24, 2.45) is 0 Å². The summed E-state index contributed by atoms with van der Waals surface area (Å²) in [7, 11) is 0. The second-order valence-corrected chi connectivity index (χ2v) is 6.50. The Kier molecular flexibility index (Phi) is 7.43. The van der Waals surface area contributed by atoms with Crippen LogP contribution in [-0.2, 0) is 30.6 Å². The number of rotatable bonds is 4. The molecular formula is C18H24Cl2N4O2. The monoisotopic (exact) mass is 398 g/mol. The third-order valence-electron chi connectivity index (χ3n) is 4.79. The predicted octanol–water partition coefficient (Wildman–Crippen LogP) is 2.34. The summed E-state index contributed by atoms with van der Waals surface area (Å²) in [6.07, 6.45) is 8.05. The molecule has 4 rings (SSSR count). The highest BCUT2D eigenvalue weighted by molar-refractivity contribution is 5.85. The number of aromatic nitrogens is 2. The Bertz CT molecular complexity index is 717. The highest BCUT2D eigenvalue weighted by atomic mass is 35.5. The van der Waals surface area contributed by atoms with Gasteiger partial charge in [-0.15, -0.1) is 24.8 Å². The Morgan fingerprint density at radius 1 is 1.35 bits per heavy atom. The number of aryl methyl sites for hydroxylation is 2. The summed E-state index contributed by atoms with van der Waals surface area (Å²) in [6.45, 7) is 2.24. The van der Waals surface area contributed by atoms with Gasteiger partial charge in [-0.2, -0.15) is 0 Å². The van der Waals surface area contributed by atoms with E-state index in [0.717, 1.165) is 62.5 Å². The van der Waals surface area contributed by atoms with Crippen molar-refractivity contribution in [3.8, 4) is 0 Å². The van der Waals surface area contributed by atoms with Crippen molar-refractivity contribution in [2.75, 3.05) is 13.1 Å². The Balaban J connectivity index is 0.00000121. The fourth-order valence-corrected chi connectivity index (χ4v) is 3.46. The Labute approximate surface area is 165 Å². The fourth-order valence-electron chi connectivity index (χ4n) is 3.46. The van der Waals surface area contributed by atoms with E-state index in [2.05, 4.69) is 21.4 Å². The van der Waals surface area contributed by atoms with Crippen LogP contribution in [0.2, 0.25) is 0 Å². The molecule has 2 aliphatic heterocycles. The van der Waals surface area contributed by atoms with E-state index in [9.17, 15) is 4.79 Å². The van der Waals surface area contributed by atoms with Gasteiger partial charge in [0, 0.05) is 31.8 Å². The molecule has 2 aliphatic rings. The zero-order valence-corrected chi connectivity index (χ0v) is 16.2. The number of fused-ring (bicyclic) bond motifs is 1. The second-order valence-electron chi connectivity index (χ2n) is 6.50. The van der Waals surface area contributed by atoms with Crippen molar-refractivity contribution >= 4 is 30.7 Å². The largest absolute Gasteiger partial charge is 0.445 e. The molecule has 0 spiro atoms. The quantitative estimate of drug-likeness (QED) is 0.855. The third-order valence-corrected chi connectivity index (χ3v) is 4.79. The summed E-state index contributed by atoms with van der Waals surface area (Å²) in [5, 5.41) is 3.28. The van der Waals surface area contributed by atoms with Crippen LogP contribution in [0.4, 0.5) is 0 Å². The molecule has 1 amide bonds. The molecule has 0 bridgehead atoms. The maximum absolute atomic E-state index is 12.5. The van der Waals surface area contributed by atoms with E-state index >= 15 is 0 Å². The molecule has 8 heteroatoms. The number of halogens is 2. The smallest absolute Gasteiger partial charge is 0.240 e. The molecule has 0 unspecified atom stereocenters. The van der Waals surface area contributed by atoms with E-state index in [1.54, 1.807) is 6.20 Å². The Morgan fingerprint density at radius 3 is 2.96 bits per heavy atom. The number of amides is 1. The van der Waals surface area contributed by atoms with Crippen molar-refractivity contribution < 1.29 is 9.21 Å². The molecular weight excluding hydrogens is 375 g/mol. The molecule has 1 fully saturated rings. The molecule has 2 aromatic heterocycles. The molecule has 0 radical (unpaired) electrons. The maximum atomic E-state index is 12.5. The van der Waals surface area contributed by atoms with E-state index in [0.29, 0.717) is 6.54 Å². The summed E-state index contributed by atoms with van der Waals surface area (Å²) in [5.74, 6) is 1.91. The van der Waals surface area contributed by atoms with Crippen LogP contribution >= 0.6 is 24.8 Å². The molecule has 2 aromatic rings. The van der Waals surface area contributed by atoms with Crippen LogP contribution in [-0.4, -0.2) is 39.9 Å². The fraction of sp³-hybridized carbons (Fsp3) is 0.500. The molecule has 142 valence electrons. The van der Waals surface area contributed by atoms with Gasteiger partial charge in [0.05, 0.1) is 12.6 Å². The average molecular weight is 399 g/mol. The number of carbonyl (C=O) groups excluding carboxylic acids is 1. The highest BCUT2D eigenvalue weighted by Gasteiger charge is 2.31. The van der Waals surface area contributed by atoms with Crippen molar-refractivity contribution in [1.82, 2.24) is 20.2 Å². The first-order valence-corrected chi connectivity index (χ1v) is 8.68. The first kappa shape index (κ1) is 20.7. The van der Waals surface area contributed by atoms with Crippen LogP contribution in [0.15, 0.2) is 28.9 Å². The molecule has 1 atom stereocenters. The molecule has 1 saturated heterocycles. The van der Waals surface area contributed by atoms with E-state index in [4.69, 9.17) is 4.42 Å². The summed E-state index contributed by atoms with van der Waals surface area (Å²) in [5.41, 5.74) is 2.10. The zero-order chi connectivity index (χ0) is 16.4. The number of pyridine rings is 1. The number of hydrogen-bond acceptors (Lipinski definition) is 5. The van der Waals surface area contributed by atoms with Gasteiger partial charge in [0.2, 0.25) is 5.91 Å². The van der Waals surface area contributed by atoms with Gasteiger partial charge in [-0.3, -0.25) is 9.78 Å². The normalized spacial score (nSPS) is 18.6. The topological polar surface area (TPSA) is 71.3 Å². The second kappa shape index (κ2) is 9.35. The van der Waals surface area contributed by atoms with Crippen LogP contribution in [0.1, 0.15) is 35.7 Å². The van der Waals surface area contributed by atoms with E-state index in [1.807, 2.05) is 17.2 Å². The number of hydrogen-bond donors (Lipinski definition) is 1. The van der Waals surface area contributed by atoms with Crippen molar-refractivity contribution in [2.45, 2.75) is 44.7 Å². The SMILES string of the molecule is Cl.Cl.O=C([C@@H]1CCCN1)N1CCc2oc(CCc3cccnc3)nc2C1. The number of carbonyl (C=O) groups is 1. The van der Waals surface area contributed by atoms with E-state index in [1.165, 1.54) is 5.56 Å². The summed E-state index contributed by atoms with van der Waals surface area (Å²) in [6, 6.07) is 3.99. The van der Waals surface area contributed by atoms with Gasteiger partial charge in [0.15, 0.2) is 5.89 Å². The molecule has 4 heterocycles. The molecule has 26 heavy (non-hydrogen) atoms. The Hall–Kier alpha value is -1.63.